The third-order valence-electron chi connectivity index (χ3n) is 4.75. The Morgan fingerprint density at radius 2 is 2.03 bits per heavy atom. The average Bonchev–Trinajstić information content (AvgIpc) is 3.08. The molecule has 0 saturated heterocycles. The molecule has 156 valence electrons. The molecule has 0 saturated carbocycles. The van der Waals surface area contributed by atoms with E-state index in [1.165, 1.54) is 36.2 Å². The van der Waals surface area contributed by atoms with Crippen LogP contribution in [0.3, 0.4) is 0 Å². The van der Waals surface area contributed by atoms with Gasteiger partial charge in [0.25, 0.3) is 11.6 Å². The van der Waals surface area contributed by atoms with Crippen LogP contribution in [0.1, 0.15) is 28.8 Å². The van der Waals surface area contributed by atoms with Gasteiger partial charge < -0.3 is 19.8 Å². The predicted molar refractivity (Wildman–Crippen MR) is 107 cm³/mol. The predicted octanol–water partition coefficient (Wildman–Crippen LogP) is 2.05. The molecule has 0 aliphatic carbocycles. The van der Waals surface area contributed by atoms with Crippen LogP contribution >= 0.6 is 0 Å². The number of rotatable bonds is 9. The zero-order valence-corrected chi connectivity index (χ0v) is 16.2. The summed E-state index contributed by atoms with van der Waals surface area (Å²) in [5, 5.41) is 13.2. The number of likely N-dealkylation sites (N-methyl/N-ethyl adjacent to an activating group) is 1. The van der Waals surface area contributed by atoms with Crippen molar-refractivity contribution >= 4 is 29.5 Å². The van der Waals surface area contributed by atoms with Gasteiger partial charge in [0, 0.05) is 37.7 Å². The molecule has 10 heteroatoms. The summed E-state index contributed by atoms with van der Waals surface area (Å²) >= 11 is 0. The quantitative estimate of drug-likeness (QED) is 0.366. The molecule has 0 fully saturated rings. The van der Waals surface area contributed by atoms with Crippen molar-refractivity contribution in [2.45, 2.75) is 25.4 Å². The molecule has 2 aromatic rings. The maximum Gasteiger partial charge on any atom is 0.269 e. The van der Waals surface area contributed by atoms with Gasteiger partial charge in [-0.3, -0.25) is 19.7 Å². The third-order valence-corrected chi connectivity index (χ3v) is 4.75. The Morgan fingerprint density at radius 3 is 2.67 bits per heavy atom. The molecule has 2 N–H and O–H groups in total. The highest BCUT2D eigenvalue weighted by Crippen LogP contribution is 2.29. The first-order chi connectivity index (χ1) is 14.4. The molecule has 3 rings (SSSR count). The second-order valence-electron chi connectivity index (χ2n) is 6.63. The molecule has 2 aromatic carbocycles. The molecular weight excluding hydrogens is 392 g/mol. The van der Waals surface area contributed by atoms with Gasteiger partial charge in [-0.15, -0.1) is 0 Å². The second kappa shape index (κ2) is 9.03. The number of amides is 2. The summed E-state index contributed by atoms with van der Waals surface area (Å²) in [5.74, 6) is -0.211. The maximum atomic E-state index is 12.8. The summed E-state index contributed by atoms with van der Waals surface area (Å²) in [7, 11) is 1.49. The first-order valence-corrected chi connectivity index (χ1v) is 9.21. The third kappa shape index (κ3) is 4.37. The number of carbonyl (C=O) groups is 3. The molecule has 0 radical (unpaired) electrons. The normalized spacial score (nSPS) is 13.4. The van der Waals surface area contributed by atoms with E-state index in [1.807, 2.05) is 0 Å². The number of aldehydes is 1. The summed E-state index contributed by atoms with van der Waals surface area (Å²) in [6.07, 6.45) is 1.15. The Bertz CT molecular complexity index is 976. The smallest absolute Gasteiger partial charge is 0.269 e. The highest BCUT2D eigenvalue weighted by Gasteiger charge is 2.35. The van der Waals surface area contributed by atoms with Crippen molar-refractivity contribution in [3.63, 3.8) is 0 Å². The molecule has 1 aliphatic rings. The molecule has 1 heterocycles. The van der Waals surface area contributed by atoms with Crippen molar-refractivity contribution in [1.29, 1.82) is 0 Å². The van der Waals surface area contributed by atoms with Crippen LogP contribution in [-0.4, -0.2) is 41.0 Å². The minimum absolute atomic E-state index is 0.0428. The highest BCUT2D eigenvalue weighted by atomic mass is 16.6. The van der Waals surface area contributed by atoms with Crippen LogP contribution in [-0.2, 0) is 16.1 Å². The molecule has 10 nitrogen and oxygen atoms in total. The average molecular weight is 412 g/mol. The summed E-state index contributed by atoms with van der Waals surface area (Å²) in [6.45, 7) is 0.234. The van der Waals surface area contributed by atoms with Gasteiger partial charge in [0.15, 0.2) is 5.75 Å². The highest BCUT2D eigenvalue weighted by molar-refractivity contribution is 6.01. The number of fused-ring (bicyclic) bond motifs is 1. The van der Waals surface area contributed by atoms with E-state index in [9.17, 15) is 24.5 Å². The fourth-order valence-corrected chi connectivity index (χ4v) is 3.23. The lowest BCUT2D eigenvalue weighted by atomic mass is 10.1. The van der Waals surface area contributed by atoms with Gasteiger partial charge in [-0.1, -0.05) is 0 Å². The Morgan fingerprint density at radius 1 is 1.30 bits per heavy atom. The second-order valence-corrected chi connectivity index (χ2v) is 6.63. The van der Waals surface area contributed by atoms with E-state index >= 15 is 0 Å². The number of hydrogen-bond donors (Lipinski definition) is 2. The van der Waals surface area contributed by atoms with Crippen molar-refractivity contribution in [2.24, 2.45) is 0 Å². The Kier molecular flexibility index (Phi) is 6.26. The molecule has 0 spiro atoms. The largest absolute Gasteiger partial charge is 0.382 e. The summed E-state index contributed by atoms with van der Waals surface area (Å²) in [5.41, 5.74) is 4.48. The molecule has 0 aromatic heterocycles. The van der Waals surface area contributed by atoms with Gasteiger partial charge in [-0.2, -0.15) is 0 Å². The lowest BCUT2D eigenvalue weighted by Gasteiger charge is -2.25. The van der Waals surface area contributed by atoms with E-state index in [2.05, 4.69) is 10.8 Å². The van der Waals surface area contributed by atoms with Gasteiger partial charge in [0.05, 0.1) is 10.6 Å². The SMILES string of the molecule is CNC(=O)C(CCC=O)N1Cc2cc(NOc3ccc([N+](=O)[O-])cc3)ccc2C1=O. The minimum Gasteiger partial charge on any atom is -0.382 e. The molecule has 2 amide bonds. The van der Waals surface area contributed by atoms with E-state index in [0.717, 1.165) is 11.8 Å². The molecular formula is C20H20N4O6. The maximum absolute atomic E-state index is 12.8. The number of nitro groups is 1. The number of nitro benzene ring substituents is 1. The van der Waals surface area contributed by atoms with E-state index < -0.39 is 11.0 Å². The fraction of sp³-hybridized carbons (Fsp3) is 0.250. The van der Waals surface area contributed by atoms with E-state index in [-0.39, 0.29) is 36.9 Å². The standard InChI is InChI=1S/C20H20N4O6/c1-21-19(26)18(3-2-10-25)23-12-13-11-14(4-9-17(13)20(23)27)22-30-16-7-5-15(6-8-16)24(28)29/h4-11,18,22H,2-3,12H2,1H3,(H,21,26). The first kappa shape index (κ1) is 20.8. The van der Waals surface area contributed by atoms with Crippen LogP contribution in [0.4, 0.5) is 11.4 Å². The van der Waals surface area contributed by atoms with Crippen molar-refractivity contribution in [3.05, 3.63) is 63.7 Å². The fourth-order valence-electron chi connectivity index (χ4n) is 3.23. The van der Waals surface area contributed by atoms with Gasteiger partial charge >= 0.3 is 0 Å². The summed E-state index contributed by atoms with van der Waals surface area (Å²) in [4.78, 5) is 52.8. The summed E-state index contributed by atoms with van der Waals surface area (Å²) < 4.78 is 0. The zero-order chi connectivity index (χ0) is 21.7. The van der Waals surface area contributed by atoms with Gasteiger partial charge in [0.1, 0.15) is 12.3 Å². The zero-order valence-electron chi connectivity index (χ0n) is 16.2. The topological polar surface area (TPSA) is 131 Å². The number of nitrogens with one attached hydrogen (secondary N) is 2. The van der Waals surface area contributed by atoms with E-state index in [4.69, 9.17) is 4.84 Å². The molecule has 1 unspecified atom stereocenters. The van der Waals surface area contributed by atoms with Crippen LogP contribution in [0.15, 0.2) is 42.5 Å². The lowest BCUT2D eigenvalue weighted by Crippen LogP contribution is -2.46. The Hall–Kier alpha value is -3.95. The van der Waals surface area contributed by atoms with E-state index in [0.29, 0.717) is 17.0 Å². The monoisotopic (exact) mass is 412 g/mol. The van der Waals surface area contributed by atoms with Crippen LogP contribution < -0.4 is 15.6 Å². The van der Waals surface area contributed by atoms with Crippen molar-refractivity contribution in [1.82, 2.24) is 10.2 Å². The number of nitrogens with zero attached hydrogens (tertiary/aromatic N) is 2. The number of hydrogen-bond acceptors (Lipinski definition) is 7. The number of non-ortho nitro benzene ring substituents is 1. The van der Waals surface area contributed by atoms with Crippen molar-refractivity contribution in [2.75, 3.05) is 12.5 Å². The van der Waals surface area contributed by atoms with Crippen LogP contribution in [0.25, 0.3) is 0 Å². The van der Waals surface area contributed by atoms with Crippen molar-refractivity contribution in [3.8, 4) is 5.75 Å². The molecule has 1 aliphatic heterocycles. The van der Waals surface area contributed by atoms with Crippen molar-refractivity contribution < 1.29 is 24.1 Å². The van der Waals surface area contributed by atoms with Gasteiger partial charge in [-0.25, -0.2) is 5.48 Å². The van der Waals surface area contributed by atoms with Crippen LogP contribution in [0, 0.1) is 10.1 Å². The van der Waals surface area contributed by atoms with Crippen LogP contribution in [0.2, 0.25) is 0 Å². The molecule has 0 bridgehead atoms. The number of carbonyl (C=O) groups excluding carboxylic acids is 3. The summed E-state index contributed by atoms with van der Waals surface area (Å²) in [6, 6.07) is 9.89. The minimum atomic E-state index is -0.729. The Balaban J connectivity index is 1.70. The number of anilines is 1. The van der Waals surface area contributed by atoms with Gasteiger partial charge in [-0.05, 0) is 42.3 Å². The number of benzene rings is 2. The molecule has 1 atom stereocenters. The van der Waals surface area contributed by atoms with Crippen LogP contribution in [0.5, 0.6) is 5.75 Å². The lowest BCUT2D eigenvalue weighted by molar-refractivity contribution is -0.384. The van der Waals surface area contributed by atoms with Gasteiger partial charge in [0.2, 0.25) is 5.91 Å². The first-order valence-electron chi connectivity index (χ1n) is 9.21. The molecule has 30 heavy (non-hydrogen) atoms. The van der Waals surface area contributed by atoms with E-state index in [1.54, 1.807) is 18.2 Å². The Labute approximate surface area is 171 Å².